The van der Waals surface area contributed by atoms with Gasteiger partial charge in [0.2, 0.25) is 0 Å². The lowest BCUT2D eigenvalue weighted by Gasteiger charge is -2.09. The van der Waals surface area contributed by atoms with Gasteiger partial charge in [0.1, 0.15) is 5.75 Å². The van der Waals surface area contributed by atoms with Gasteiger partial charge in [0.05, 0.1) is 5.69 Å². The van der Waals surface area contributed by atoms with Crippen molar-refractivity contribution in [2.45, 2.75) is 26.9 Å². The van der Waals surface area contributed by atoms with E-state index < -0.39 is 0 Å². The maximum Gasteiger partial charge on any atom is 0.121 e. The van der Waals surface area contributed by atoms with Gasteiger partial charge in [-0.1, -0.05) is 12.1 Å². The Kier molecular flexibility index (Phi) is 3.67. The van der Waals surface area contributed by atoms with E-state index in [0.29, 0.717) is 5.75 Å². The highest BCUT2D eigenvalue weighted by atomic mass is 16.3. The number of hydrogen-bond acceptors (Lipinski definition) is 3. The summed E-state index contributed by atoms with van der Waals surface area (Å²) in [6.07, 6.45) is 1.80. The predicted octanol–water partition coefficient (Wildman–Crippen LogP) is 2.03. The van der Waals surface area contributed by atoms with Crippen molar-refractivity contribution >= 4 is 0 Å². The Balaban J connectivity index is 1.97. The molecule has 0 aliphatic heterocycles. The van der Waals surface area contributed by atoms with Crippen LogP contribution in [0.3, 0.4) is 0 Å². The fourth-order valence-corrected chi connectivity index (χ4v) is 2.06. The minimum absolute atomic E-state index is 0.394. The second kappa shape index (κ2) is 5.23. The van der Waals surface area contributed by atoms with Crippen LogP contribution in [0.5, 0.6) is 5.75 Å². The first-order valence-corrected chi connectivity index (χ1v) is 6.04. The maximum atomic E-state index is 9.71. The second-order valence-corrected chi connectivity index (χ2v) is 4.63. The molecule has 0 spiro atoms. The molecule has 2 rings (SSSR count). The van der Waals surface area contributed by atoms with Gasteiger partial charge in [0.25, 0.3) is 0 Å². The van der Waals surface area contributed by atoms with E-state index in [9.17, 15) is 5.11 Å². The minimum Gasteiger partial charge on any atom is -0.507 e. The number of phenols is 1. The molecule has 1 heterocycles. The lowest BCUT2D eigenvalue weighted by molar-refractivity contribution is 0.466. The molecule has 0 saturated heterocycles. The molecule has 0 aliphatic rings. The topological polar surface area (TPSA) is 50.1 Å². The molecule has 1 aromatic carbocycles. The molecule has 4 nitrogen and oxygen atoms in total. The van der Waals surface area contributed by atoms with Crippen molar-refractivity contribution in [2.75, 3.05) is 0 Å². The van der Waals surface area contributed by atoms with E-state index in [1.165, 1.54) is 5.56 Å². The molecule has 0 amide bonds. The van der Waals surface area contributed by atoms with E-state index in [2.05, 4.69) is 10.4 Å². The number of aryl methyl sites for hydroxylation is 3. The van der Waals surface area contributed by atoms with Crippen LogP contribution >= 0.6 is 0 Å². The average Bonchev–Trinajstić information content (AvgIpc) is 2.72. The van der Waals surface area contributed by atoms with E-state index >= 15 is 0 Å². The average molecular weight is 245 g/mol. The van der Waals surface area contributed by atoms with Crippen molar-refractivity contribution in [1.29, 1.82) is 0 Å². The summed E-state index contributed by atoms with van der Waals surface area (Å²) >= 11 is 0. The highest BCUT2D eigenvalue weighted by Crippen LogP contribution is 2.22. The van der Waals surface area contributed by atoms with Gasteiger partial charge in [0.15, 0.2) is 0 Å². The van der Waals surface area contributed by atoms with Crippen LogP contribution in [0.25, 0.3) is 0 Å². The Morgan fingerprint density at radius 2 is 1.89 bits per heavy atom. The number of hydrogen-bond donors (Lipinski definition) is 2. The van der Waals surface area contributed by atoms with Gasteiger partial charge in [-0.15, -0.1) is 0 Å². The summed E-state index contributed by atoms with van der Waals surface area (Å²) in [7, 11) is 1.94. The number of aromatic nitrogens is 2. The molecule has 18 heavy (non-hydrogen) atoms. The van der Waals surface area contributed by atoms with Gasteiger partial charge in [-0.2, -0.15) is 5.10 Å². The predicted molar refractivity (Wildman–Crippen MR) is 71.3 cm³/mol. The van der Waals surface area contributed by atoms with E-state index in [4.69, 9.17) is 0 Å². The van der Waals surface area contributed by atoms with Gasteiger partial charge < -0.3 is 10.4 Å². The molecular formula is C14H19N3O. The third kappa shape index (κ3) is 2.71. The number of phenolic OH excluding ortho intramolecular Hbond substituents is 1. The largest absolute Gasteiger partial charge is 0.507 e. The van der Waals surface area contributed by atoms with Gasteiger partial charge in [-0.3, -0.25) is 4.68 Å². The summed E-state index contributed by atoms with van der Waals surface area (Å²) in [5, 5.41) is 17.2. The van der Waals surface area contributed by atoms with Crippen molar-refractivity contribution in [3.8, 4) is 5.75 Å². The molecule has 0 fully saturated rings. The molecule has 2 aromatic rings. The zero-order valence-corrected chi connectivity index (χ0v) is 11.1. The molecule has 0 bridgehead atoms. The number of nitrogens with one attached hydrogen (secondary N) is 1. The Hall–Kier alpha value is -1.81. The van der Waals surface area contributed by atoms with Crippen molar-refractivity contribution in [1.82, 2.24) is 15.1 Å². The van der Waals surface area contributed by atoms with Crippen molar-refractivity contribution in [2.24, 2.45) is 7.05 Å². The van der Waals surface area contributed by atoms with Crippen LogP contribution in [0.15, 0.2) is 24.4 Å². The van der Waals surface area contributed by atoms with Gasteiger partial charge in [-0.05, 0) is 36.6 Å². The summed E-state index contributed by atoms with van der Waals surface area (Å²) in [4.78, 5) is 0. The zero-order valence-electron chi connectivity index (χ0n) is 11.1. The third-order valence-corrected chi connectivity index (χ3v) is 3.11. The first-order valence-electron chi connectivity index (χ1n) is 6.04. The van der Waals surface area contributed by atoms with E-state index in [0.717, 1.165) is 29.9 Å². The van der Waals surface area contributed by atoms with E-state index in [1.54, 1.807) is 6.20 Å². The molecule has 0 saturated carbocycles. The standard InChI is InChI=1S/C14H19N3O/c1-10-6-12(7-11(2)14(10)18)8-15-9-13-4-5-16-17(13)3/h4-7,15,18H,8-9H2,1-3H3. The molecular weight excluding hydrogens is 226 g/mol. The summed E-state index contributed by atoms with van der Waals surface area (Å²) in [5.41, 5.74) is 4.19. The van der Waals surface area contributed by atoms with Crippen LogP contribution in [0.1, 0.15) is 22.4 Å². The summed E-state index contributed by atoms with van der Waals surface area (Å²) in [5.74, 6) is 0.394. The SMILES string of the molecule is Cc1cc(CNCc2ccnn2C)cc(C)c1O. The van der Waals surface area contributed by atoms with Crippen LogP contribution in [0, 0.1) is 13.8 Å². The molecule has 0 atom stereocenters. The maximum absolute atomic E-state index is 9.71. The Labute approximate surface area is 107 Å². The highest BCUT2D eigenvalue weighted by Gasteiger charge is 2.03. The van der Waals surface area contributed by atoms with Crippen LogP contribution in [-0.2, 0) is 20.1 Å². The van der Waals surface area contributed by atoms with Crippen LogP contribution in [0.2, 0.25) is 0 Å². The van der Waals surface area contributed by atoms with Crippen molar-refractivity contribution < 1.29 is 5.11 Å². The summed E-state index contributed by atoms with van der Waals surface area (Å²) in [6, 6.07) is 6.03. The van der Waals surface area contributed by atoms with Gasteiger partial charge in [-0.25, -0.2) is 0 Å². The Morgan fingerprint density at radius 1 is 1.22 bits per heavy atom. The van der Waals surface area contributed by atoms with Crippen molar-refractivity contribution in [3.63, 3.8) is 0 Å². The first kappa shape index (κ1) is 12.6. The fourth-order valence-electron chi connectivity index (χ4n) is 2.06. The second-order valence-electron chi connectivity index (χ2n) is 4.63. The molecule has 1 aromatic heterocycles. The first-order chi connectivity index (χ1) is 8.58. The lowest BCUT2D eigenvalue weighted by atomic mass is 10.1. The van der Waals surface area contributed by atoms with E-state index in [1.807, 2.05) is 43.8 Å². The number of benzene rings is 1. The molecule has 0 unspecified atom stereocenters. The molecule has 4 heteroatoms. The Bertz CT molecular complexity index is 523. The van der Waals surface area contributed by atoms with E-state index in [-0.39, 0.29) is 0 Å². The number of rotatable bonds is 4. The van der Waals surface area contributed by atoms with Crippen LogP contribution in [-0.4, -0.2) is 14.9 Å². The summed E-state index contributed by atoms with van der Waals surface area (Å²) in [6.45, 7) is 5.42. The molecule has 0 aliphatic carbocycles. The van der Waals surface area contributed by atoms with Crippen molar-refractivity contribution in [3.05, 3.63) is 46.8 Å². The zero-order chi connectivity index (χ0) is 13.1. The monoisotopic (exact) mass is 245 g/mol. The minimum atomic E-state index is 0.394. The van der Waals surface area contributed by atoms with Crippen LogP contribution in [0.4, 0.5) is 0 Å². The third-order valence-electron chi connectivity index (χ3n) is 3.11. The van der Waals surface area contributed by atoms with Crippen LogP contribution < -0.4 is 5.32 Å². The molecule has 0 radical (unpaired) electrons. The smallest absolute Gasteiger partial charge is 0.121 e. The molecule has 2 N–H and O–H groups in total. The summed E-state index contributed by atoms with van der Waals surface area (Å²) < 4.78 is 1.86. The number of nitrogens with zero attached hydrogens (tertiary/aromatic N) is 2. The number of aromatic hydroxyl groups is 1. The lowest BCUT2D eigenvalue weighted by Crippen LogP contribution is -2.15. The normalized spacial score (nSPS) is 10.8. The van der Waals surface area contributed by atoms with Gasteiger partial charge >= 0.3 is 0 Å². The highest BCUT2D eigenvalue weighted by molar-refractivity contribution is 5.42. The molecule has 96 valence electrons. The Morgan fingerprint density at radius 3 is 2.44 bits per heavy atom. The van der Waals surface area contributed by atoms with Gasteiger partial charge in [0, 0.05) is 26.3 Å². The quantitative estimate of drug-likeness (QED) is 0.866. The fraction of sp³-hybridized carbons (Fsp3) is 0.357.